The molecule has 352 valence electrons. The zero-order chi connectivity index (χ0) is 43.3. The van der Waals surface area contributed by atoms with E-state index in [0.717, 1.165) is 38.0 Å². The molecule has 0 aliphatic carbocycles. The lowest BCUT2D eigenvalue weighted by atomic mass is 9.99. The second-order valence-corrected chi connectivity index (χ2v) is 19.4. The standard InChI is InChI=1S/C50H99O8P/c1-4-6-7-8-9-10-11-12-13-14-15-19-22-25-28-31-34-37-40-43-49(51)56-45-48(46-57-59(53,54)55)58-50(52)44-41-38-35-32-29-26-23-20-17-16-18-21-24-27-30-33-36-39-42-47(3)5-2/h47-48H,4-46H2,1-3H3,(H2,53,54,55)/t47?,48-/m1/s1. The lowest BCUT2D eigenvalue weighted by Crippen LogP contribution is -2.29. The van der Waals surface area contributed by atoms with E-state index in [1.165, 1.54) is 212 Å². The average Bonchev–Trinajstić information content (AvgIpc) is 3.21. The van der Waals surface area contributed by atoms with Gasteiger partial charge in [-0.25, -0.2) is 4.57 Å². The number of hydrogen-bond acceptors (Lipinski definition) is 6. The fourth-order valence-corrected chi connectivity index (χ4v) is 8.30. The van der Waals surface area contributed by atoms with Gasteiger partial charge in [0.15, 0.2) is 6.10 Å². The van der Waals surface area contributed by atoms with Crippen molar-refractivity contribution in [3.63, 3.8) is 0 Å². The van der Waals surface area contributed by atoms with E-state index < -0.39 is 32.5 Å². The van der Waals surface area contributed by atoms with Crippen molar-refractivity contribution in [2.75, 3.05) is 13.2 Å². The van der Waals surface area contributed by atoms with Crippen molar-refractivity contribution in [3.05, 3.63) is 0 Å². The van der Waals surface area contributed by atoms with E-state index in [4.69, 9.17) is 19.3 Å². The first kappa shape index (κ1) is 58.0. The summed E-state index contributed by atoms with van der Waals surface area (Å²) in [7, 11) is -4.75. The maximum Gasteiger partial charge on any atom is 0.469 e. The number of carbonyl (C=O) groups excluding carboxylic acids is 2. The minimum absolute atomic E-state index is 0.220. The number of hydrogen-bond donors (Lipinski definition) is 2. The van der Waals surface area contributed by atoms with E-state index in [2.05, 4.69) is 25.3 Å². The van der Waals surface area contributed by atoms with Crippen LogP contribution in [0.25, 0.3) is 0 Å². The van der Waals surface area contributed by atoms with E-state index in [0.29, 0.717) is 6.42 Å². The van der Waals surface area contributed by atoms with E-state index in [9.17, 15) is 14.2 Å². The molecule has 0 aromatic heterocycles. The number of phosphoric ester groups is 1. The Kier molecular flexibility index (Phi) is 44.4. The molecular formula is C50H99O8P. The Morgan fingerprint density at radius 1 is 0.441 bits per heavy atom. The van der Waals surface area contributed by atoms with Crippen LogP contribution < -0.4 is 0 Å². The van der Waals surface area contributed by atoms with Gasteiger partial charge in [0.05, 0.1) is 6.61 Å². The van der Waals surface area contributed by atoms with Gasteiger partial charge in [-0.3, -0.25) is 14.1 Å². The van der Waals surface area contributed by atoms with Gasteiger partial charge < -0.3 is 19.3 Å². The molecule has 0 aromatic rings. The predicted molar refractivity (Wildman–Crippen MR) is 249 cm³/mol. The normalized spacial score (nSPS) is 12.8. The number of esters is 2. The molecule has 0 aromatic carbocycles. The average molecular weight is 859 g/mol. The summed E-state index contributed by atoms with van der Waals surface area (Å²) >= 11 is 0. The summed E-state index contributed by atoms with van der Waals surface area (Å²) in [6, 6.07) is 0. The fraction of sp³-hybridized carbons (Fsp3) is 0.960. The van der Waals surface area contributed by atoms with Crippen molar-refractivity contribution in [1.82, 2.24) is 0 Å². The van der Waals surface area contributed by atoms with Gasteiger partial charge in [0.2, 0.25) is 0 Å². The molecule has 2 N–H and O–H groups in total. The molecule has 0 fully saturated rings. The lowest BCUT2D eigenvalue weighted by molar-refractivity contribution is -0.161. The molecule has 0 saturated heterocycles. The third-order valence-corrected chi connectivity index (χ3v) is 12.7. The molecule has 0 aliphatic heterocycles. The number of ether oxygens (including phenoxy) is 2. The van der Waals surface area contributed by atoms with E-state index in [1.807, 2.05) is 0 Å². The van der Waals surface area contributed by atoms with Crippen LogP contribution in [0.3, 0.4) is 0 Å². The second kappa shape index (κ2) is 45.1. The van der Waals surface area contributed by atoms with Crippen LogP contribution >= 0.6 is 7.82 Å². The van der Waals surface area contributed by atoms with Crippen LogP contribution in [-0.4, -0.2) is 41.0 Å². The van der Waals surface area contributed by atoms with Crippen molar-refractivity contribution < 1.29 is 37.9 Å². The van der Waals surface area contributed by atoms with E-state index in [-0.39, 0.29) is 19.4 Å². The monoisotopic (exact) mass is 859 g/mol. The maximum absolute atomic E-state index is 12.5. The third kappa shape index (κ3) is 47.9. The molecule has 0 aliphatic rings. The molecule has 8 nitrogen and oxygen atoms in total. The molecular weight excluding hydrogens is 760 g/mol. The molecule has 0 amide bonds. The van der Waals surface area contributed by atoms with Crippen LogP contribution in [0.4, 0.5) is 0 Å². The summed E-state index contributed by atoms with van der Waals surface area (Å²) in [5.41, 5.74) is 0. The molecule has 0 bridgehead atoms. The van der Waals surface area contributed by atoms with Gasteiger partial charge in [0.25, 0.3) is 0 Å². The zero-order valence-electron chi connectivity index (χ0n) is 39.4. The van der Waals surface area contributed by atoms with Gasteiger partial charge in [-0.2, -0.15) is 0 Å². The Hall–Kier alpha value is -0.950. The largest absolute Gasteiger partial charge is 0.469 e. The first-order chi connectivity index (χ1) is 28.7. The first-order valence-corrected chi connectivity index (χ1v) is 27.3. The van der Waals surface area contributed by atoms with Gasteiger partial charge in [0, 0.05) is 12.8 Å². The summed E-state index contributed by atoms with van der Waals surface area (Å²) in [5.74, 6) is 0.0387. The van der Waals surface area contributed by atoms with Crippen molar-refractivity contribution in [3.8, 4) is 0 Å². The fourth-order valence-electron chi connectivity index (χ4n) is 7.94. The molecule has 2 atom stereocenters. The zero-order valence-corrected chi connectivity index (χ0v) is 40.2. The third-order valence-electron chi connectivity index (χ3n) is 12.2. The number of carbonyl (C=O) groups is 2. The summed E-state index contributed by atoms with van der Waals surface area (Å²) in [4.78, 5) is 43.1. The van der Waals surface area contributed by atoms with Gasteiger partial charge in [-0.1, -0.05) is 258 Å². The highest BCUT2D eigenvalue weighted by molar-refractivity contribution is 7.46. The molecule has 9 heteroatoms. The topological polar surface area (TPSA) is 119 Å². The first-order valence-electron chi connectivity index (χ1n) is 25.7. The van der Waals surface area contributed by atoms with Crippen LogP contribution in [0, 0.1) is 5.92 Å². The highest BCUT2D eigenvalue weighted by Crippen LogP contribution is 2.36. The lowest BCUT2D eigenvalue weighted by Gasteiger charge is -2.18. The summed E-state index contributed by atoms with van der Waals surface area (Å²) in [6.45, 7) is 6.14. The Balaban J connectivity index is 3.76. The van der Waals surface area contributed by atoms with Crippen LogP contribution in [0.1, 0.15) is 284 Å². The van der Waals surface area contributed by atoms with Gasteiger partial charge in [0.1, 0.15) is 6.61 Å². The summed E-state index contributed by atoms with van der Waals surface area (Å²) in [6.07, 6.45) is 49.7. The van der Waals surface area contributed by atoms with Crippen molar-refractivity contribution >= 4 is 19.8 Å². The van der Waals surface area contributed by atoms with E-state index >= 15 is 0 Å². The Labute approximate surface area is 365 Å². The smallest absolute Gasteiger partial charge is 0.462 e. The molecule has 0 heterocycles. The van der Waals surface area contributed by atoms with Crippen LogP contribution in [-0.2, 0) is 28.2 Å². The molecule has 0 spiro atoms. The Morgan fingerprint density at radius 2 is 0.746 bits per heavy atom. The Morgan fingerprint density at radius 3 is 1.07 bits per heavy atom. The number of unbranched alkanes of at least 4 members (excludes halogenated alkanes) is 35. The second-order valence-electron chi connectivity index (χ2n) is 18.1. The number of phosphoric acid groups is 1. The molecule has 1 unspecified atom stereocenters. The summed E-state index contributed by atoms with van der Waals surface area (Å²) < 4.78 is 26.6. The number of rotatable bonds is 48. The quantitative estimate of drug-likeness (QED) is 0.0353. The van der Waals surface area contributed by atoms with Crippen LogP contribution in [0.5, 0.6) is 0 Å². The predicted octanol–water partition coefficient (Wildman–Crippen LogP) is 16.2. The van der Waals surface area contributed by atoms with Crippen LogP contribution in [0.15, 0.2) is 0 Å². The highest BCUT2D eigenvalue weighted by Gasteiger charge is 2.23. The van der Waals surface area contributed by atoms with Crippen molar-refractivity contribution in [2.24, 2.45) is 5.92 Å². The van der Waals surface area contributed by atoms with Crippen molar-refractivity contribution in [2.45, 2.75) is 290 Å². The molecule has 0 saturated carbocycles. The molecule has 59 heavy (non-hydrogen) atoms. The van der Waals surface area contributed by atoms with Gasteiger partial charge >= 0.3 is 19.8 Å². The van der Waals surface area contributed by atoms with Gasteiger partial charge in [-0.15, -0.1) is 0 Å². The molecule has 0 radical (unpaired) electrons. The van der Waals surface area contributed by atoms with E-state index in [1.54, 1.807) is 0 Å². The van der Waals surface area contributed by atoms with Crippen LogP contribution in [0.2, 0.25) is 0 Å². The summed E-state index contributed by atoms with van der Waals surface area (Å²) in [5, 5.41) is 0. The molecule has 0 rings (SSSR count). The Bertz CT molecular complexity index is 940. The van der Waals surface area contributed by atoms with Crippen molar-refractivity contribution in [1.29, 1.82) is 0 Å². The minimum atomic E-state index is -4.75. The SMILES string of the molecule is CCCCCCCCCCCCCCCCCCCCCC(=O)OC[C@H](COP(=O)(O)O)OC(=O)CCCCCCCCCCCCCCCCCCCCC(C)CC. The highest BCUT2D eigenvalue weighted by atomic mass is 31.2. The van der Waals surface area contributed by atoms with Gasteiger partial charge in [-0.05, 0) is 18.8 Å². The minimum Gasteiger partial charge on any atom is -0.462 e. The maximum atomic E-state index is 12.5.